The van der Waals surface area contributed by atoms with Crippen molar-refractivity contribution in [2.45, 2.75) is 46.1 Å². The maximum atomic E-state index is 11.7. The fraction of sp³-hybridized carbons (Fsp3) is 0.632. The molecule has 0 amide bonds. The van der Waals surface area contributed by atoms with Crippen molar-refractivity contribution >= 4 is 5.97 Å². The van der Waals surface area contributed by atoms with Crippen LogP contribution in [0.4, 0.5) is 0 Å². The molecule has 1 saturated heterocycles. The Morgan fingerprint density at radius 3 is 2.65 bits per heavy atom. The zero-order chi connectivity index (χ0) is 16.8. The number of carbonyl (C=O) groups is 1. The molecule has 0 bridgehead atoms. The molecule has 1 atom stereocenters. The second-order valence-corrected chi connectivity index (χ2v) is 6.53. The topological polar surface area (TPSA) is 49.8 Å². The van der Waals surface area contributed by atoms with Gasteiger partial charge in [-0.2, -0.15) is 0 Å². The van der Waals surface area contributed by atoms with Crippen molar-refractivity contribution < 1.29 is 14.6 Å². The first-order valence-corrected chi connectivity index (χ1v) is 8.65. The molecule has 1 aromatic rings. The van der Waals surface area contributed by atoms with E-state index in [1.807, 2.05) is 13.0 Å². The van der Waals surface area contributed by atoms with E-state index in [0.717, 1.165) is 50.0 Å². The standard InChI is InChI=1S/C19H29NO3/c1-4-23-19(22)16-7-10-20(11-8-16)12-9-18(21)17-6-5-14(2)13-15(17)3/h5-6,13,16,18,21H,4,7-12H2,1-3H3. The number of hydrogen-bond donors (Lipinski definition) is 1. The molecule has 0 spiro atoms. The smallest absolute Gasteiger partial charge is 0.309 e. The van der Waals surface area contributed by atoms with Crippen LogP contribution in [-0.2, 0) is 9.53 Å². The highest BCUT2D eigenvalue weighted by molar-refractivity contribution is 5.72. The molecule has 0 aliphatic carbocycles. The Labute approximate surface area is 139 Å². The molecule has 4 nitrogen and oxygen atoms in total. The predicted octanol–water partition coefficient (Wildman–Crippen LogP) is 3.00. The molecular formula is C19H29NO3. The van der Waals surface area contributed by atoms with E-state index in [2.05, 4.69) is 30.9 Å². The second-order valence-electron chi connectivity index (χ2n) is 6.53. The Kier molecular flexibility index (Phi) is 6.60. The first-order valence-electron chi connectivity index (χ1n) is 8.65. The monoisotopic (exact) mass is 319 g/mol. The molecule has 1 aromatic carbocycles. The zero-order valence-corrected chi connectivity index (χ0v) is 14.5. The van der Waals surface area contributed by atoms with Crippen LogP contribution < -0.4 is 0 Å². The minimum absolute atomic E-state index is 0.0514. The number of likely N-dealkylation sites (tertiary alicyclic amines) is 1. The van der Waals surface area contributed by atoms with E-state index in [4.69, 9.17) is 4.74 Å². The lowest BCUT2D eigenvalue weighted by Gasteiger charge is -2.31. The van der Waals surface area contributed by atoms with E-state index in [1.165, 1.54) is 5.56 Å². The molecule has 128 valence electrons. The van der Waals surface area contributed by atoms with Gasteiger partial charge >= 0.3 is 5.97 Å². The number of nitrogens with zero attached hydrogens (tertiary/aromatic N) is 1. The third-order valence-electron chi connectivity index (χ3n) is 4.71. The summed E-state index contributed by atoms with van der Waals surface area (Å²) in [6, 6.07) is 6.20. The number of aryl methyl sites for hydroxylation is 2. The average molecular weight is 319 g/mol. The van der Waals surface area contributed by atoms with Gasteiger partial charge in [0.25, 0.3) is 0 Å². The van der Waals surface area contributed by atoms with E-state index in [9.17, 15) is 9.90 Å². The van der Waals surface area contributed by atoms with Crippen LogP contribution in [0.1, 0.15) is 49.0 Å². The second kappa shape index (κ2) is 8.46. The van der Waals surface area contributed by atoms with Crippen molar-refractivity contribution in [3.8, 4) is 0 Å². The highest BCUT2D eigenvalue weighted by atomic mass is 16.5. The number of piperidine rings is 1. The van der Waals surface area contributed by atoms with E-state index in [1.54, 1.807) is 0 Å². The molecule has 1 aliphatic heterocycles. The van der Waals surface area contributed by atoms with Crippen LogP contribution in [0, 0.1) is 19.8 Å². The Morgan fingerprint density at radius 1 is 1.35 bits per heavy atom. The van der Waals surface area contributed by atoms with E-state index in [0.29, 0.717) is 6.61 Å². The van der Waals surface area contributed by atoms with Crippen molar-refractivity contribution in [1.82, 2.24) is 4.90 Å². The van der Waals surface area contributed by atoms with Gasteiger partial charge in [-0.25, -0.2) is 0 Å². The van der Waals surface area contributed by atoms with Gasteiger partial charge in [-0.3, -0.25) is 4.79 Å². The maximum absolute atomic E-state index is 11.7. The predicted molar refractivity (Wildman–Crippen MR) is 91.3 cm³/mol. The summed E-state index contributed by atoms with van der Waals surface area (Å²) in [5.74, 6) is -0.00192. The van der Waals surface area contributed by atoms with Crippen LogP contribution in [0.25, 0.3) is 0 Å². The minimum atomic E-state index is -0.418. The van der Waals surface area contributed by atoms with Gasteiger partial charge in [0.2, 0.25) is 0 Å². The number of rotatable bonds is 6. The lowest BCUT2D eigenvalue weighted by molar-refractivity contribution is -0.149. The number of ether oxygens (including phenoxy) is 1. The molecule has 1 fully saturated rings. The minimum Gasteiger partial charge on any atom is -0.466 e. The van der Waals surface area contributed by atoms with Crippen molar-refractivity contribution in [1.29, 1.82) is 0 Å². The SMILES string of the molecule is CCOC(=O)C1CCN(CCC(O)c2ccc(C)cc2C)CC1. The first kappa shape index (κ1) is 18.0. The largest absolute Gasteiger partial charge is 0.466 e. The number of esters is 1. The fourth-order valence-corrected chi connectivity index (χ4v) is 3.31. The molecule has 0 radical (unpaired) electrons. The maximum Gasteiger partial charge on any atom is 0.309 e. The number of aliphatic hydroxyl groups excluding tert-OH is 1. The molecule has 1 heterocycles. The van der Waals surface area contributed by atoms with Gasteiger partial charge in [0, 0.05) is 6.54 Å². The third-order valence-corrected chi connectivity index (χ3v) is 4.71. The van der Waals surface area contributed by atoms with Gasteiger partial charge in [0.15, 0.2) is 0 Å². The normalized spacial score (nSPS) is 17.9. The molecular weight excluding hydrogens is 290 g/mol. The van der Waals surface area contributed by atoms with Crippen molar-refractivity contribution in [3.05, 3.63) is 34.9 Å². The number of aliphatic hydroxyl groups is 1. The Hall–Kier alpha value is -1.39. The molecule has 1 unspecified atom stereocenters. The number of hydrogen-bond acceptors (Lipinski definition) is 4. The zero-order valence-electron chi connectivity index (χ0n) is 14.5. The Bertz CT molecular complexity index is 521. The fourth-order valence-electron chi connectivity index (χ4n) is 3.31. The summed E-state index contributed by atoms with van der Waals surface area (Å²) in [6.45, 7) is 9.10. The van der Waals surface area contributed by atoms with Gasteiger partial charge in [-0.15, -0.1) is 0 Å². The lowest BCUT2D eigenvalue weighted by Crippen LogP contribution is -2.37. The van der Waals surface area contributed by atoms with Crippen LogP contribution in [0.2, 0.25) is 0 Å². The van der Waals surface area contributed by atoms with Crippen LogP contribution in [0.15, 0.2) is 18.2 Å². The van der Waals surface area contributed by atoms with Crippen molar-refractivity contribution in [2.75, 3.05) is 26.2 Å². The summed E-state index contributed by atoms with van der Waals surface area (Å²) in [4.78, 5) is 14.1. The quantitative estimate of drug-likeness (QED) is 0.819. The first-order chi connectivity index (χ1) is 11.0. The summed E-state index contributed by atoms with van der Waals surface area (Å²) in [5.41, 5.74) is 3.40. The molecule has 23 heavy (non-hydrogen) atoms. The van der Waals surface area contributed by atoms with Crippen LogP contribution in [-0.4, -0.2) is 42.2 Å². The van der Waals surface area contributed by atoms with E-state index in [-0.39, 0.29) is 11.9 Å². The van der Waals surface area contributed by atoms with Crippen LogP contribution in [0.5, 0.6) is 0 Å². The summed E-state index contributed by atoms with van der Waals surface area (Å²) < 4.78 is 5.10. The molecule has 0 aromatic heterocycles. The highest BCUT2D eigenvalue weighted by Gasteiger charge is 2.26. The van der Waals surface area contributed by atoms with Gasteiger partial charge in [0.05, 0.1) is 18.6 Å². The van der Waals surface area contributed by atoms with Crippen LogP contribution >= 0.6 is 0 Å². The summed E-state index contributed by atoms with van der Waals surface area (Å²) in [6.07, 6.45) is 2.03. The van der Waals surface area contributed by atoms with Crippen molar-refractivity contribution in [3.63, 3.8) is 0 Å². The van der Waals surface area contributed by atoms with E-state index < -0.39 is 6.10 Å². The van der Waals surface area contributed by atoms with Gasteiger partial charge < -0.3 is 14.7 Å². The van der Waals surface area contributed by atoms with Gasteiger partial charge in [0.1, 0.15) is 0 Å². The molecule has 4 heteroatoms. The molecule has 1 aliphatic rings. The summed E-state index contributed by atoms with van der Waals surface area (Å²) >= 11 is 0. The molecule has 0 saturated carbocycles. The van der Waals surface area contributed by atoms with Gasteiger partial charge in [-0.1, -0.05) is 23.8 Å². The highest BCUT2D eigenvalue weighted by Crippen LogP contribution is 2.24. The van der Waals surface area contributed by atoms with Crippen molar-refractivity contribution in [2.24, 2.45) is 5.92 Å². The Balaban J connectivity index is 1.77. The Morgan fingerprint density at radius 2 is 2.04 bits per heavy atom. The summed E-state index contributed by atoms with van der Waals surface area (Å²) in [7, 11) is 0. The van der Waals surface area contributed by atoms with Crippen LogP contribution in [0.3, 0.4) is 0 Å². The summed E-state index contributed by atoms with van der Waals surface area (Å²) in [5, 5.41) is 10.4. The average Bonchev–Trinajstić information content (AvgIpc) is 2.53. The number of benzene rings is 1. The van der Waals surface area contributed by atoms with E-state index >= 15 is 0 Å². The molecule has 1 N–H and O–H groups in total. The molecule has 2 rings (SSSR count). The third kappa shape index (κ3) is 5.05. The van der Waals surface area contributed by atoms with Gasteiger partial charge in [-0.05, 0) is 64.3 Å². The lowest BCUT2D eigenvalue weighted by atomic mass is 9.96. The number of carbonyl (C=O) groups excluding carboxylic acids is 1.